The van der Waals surface area contributed by atoms with Crippen LogP contribution in [0.15, 0.2) is 6.07 Å². The van der Waals surface area contributed by atoms with Crippen molar-refractivity contribution in [3.63, 3.8) is 0 Å². The van der Waals surface area contributed by atoms with Gasteiger partial charge in [0, 0.05) is 18.8 Å². The van der Waals surface area contributed by atoms with E-state index in [1.165, 1.54) is 22.3 Å². The minimum absolute atomic E-state index is 0.402. The van der Waals surface area contributed by atoms with Crippen LogP contribution in [0.4, 0.5) is 10.5 Å². The van der Waals surface area contributed by atoms with Crippen molar-refractivity contribution in [3.8, 4) is 0 Å². The summed E-state index contributed by atoms with van der Waals surface area (Å²) in [4.78, 5) is 12.3. The third kappa shape index (κ3) is 2.61. The third-order valence-corrected chi connectivity index (χ3v) is 6.81. The minimum Gasteiger partial charge on any atom is -0.314 e. The molecule has 0 spiro atoms. The van der Waals surface area contributed by atoms with E-state index in [4.69, 9.17) is 0 Å². The van der Waals surface area contributed by atoms with Crippen molar-refractivity contribution < 1.29 is 13.2 Å². The molecule has 0 bridgehead atoms. The predicted octanol–water partition coefficient (Wildman–Crippen LogP) is 1.09. The number of carbonyl (C=O) groups is 1. The summed E-state index contributed by atoms with van der Waals surface area (Å²) < 4.78 is 26.3. The average Bonchev–Trinajstić information content (AvgIpc) is 3.02. The molecule has 3 N–H and O–H groups in total. The first-order valence-corrected chi connectivity index (χ1v) is 9.79. The molecule has 2 aliphatic carbocycles. The van der Waals surface area contributed by atoms with Crippen LogP contribution in [0.2, 0.25) is 0 Å². The van der Waals surface area contributed by atoms with Gasteiger partial charge in [-0.25, -0.2) is 17.9 Å². The van der Waals surface area contributed by atoms with Crippen LogP contribution < -0.4 is 15.4 Å². The largest absolute Gasteiger partial charge is 0.332 e. The monoisotopic (exact) mass is 335 g/mol. The van der Waals surface area contributed by atoms with E-state index < -0.39 is 21.3 Å². The number of benzene rings is 1. The van der Waals surface area contributed by atoms with Crippen LogP contribution in [0.5, 0.6) is 0 Å². The number of urea groups is 1. The van der Waals surface area contributed by atoms with Gasteiger partial charge in [-0.05, 0) is 60.8 Å². The van der Waals surface area contributed by atoms with Crippen LogP contribution in [0.3, 0.4) is 0 Å². The van der Waals surface area contributed by atoms with E-state index in [2.05, 4.69) is 21.4 Å². The quantitative estimate of drug-likeness (QED) is 0.771. The summed E-state index contributed by atoms with van der Waals surface area (Å²) in [5.41, 5.74) is 5.89. The molecule has 0 radical (unpaired) electrons. The standard InChI is InChI=1S/C16H21N3O3S/c20-16(19-23(21,22)12-8-17-9-12)18-15-13-5-1-3-10(13)7-11-4-2-6-14(11)15/h7,12,17H,1-6,8-9H2,(H2,18,19,20). The molecule has 1 aromatic rings. The SMILES string of the molecule is O=C(Nc1c2c(cc3c1CCC3)CCC2)NS(=O)(=O)C1CNC1. The van der Waals surface area contributed by atoms with E-state index in [-0.39, 0.29) is 0 Å². The first-order chi connectivity index (χ1) is 11.0. The molecule has 1 saturated heterocycles. The molecule has 0 saturated carbocycles. The van der Waals surface area contributed by atoms with Crippen molar-refractivity contribution in [1.82, 2.24) is 10.0 Å². The topological polar surface area (TPSA) is 87.3 Å². The highest BCUT2D eigenvalue weighted by molar-refractivity contribution is 7.90. The Kier molecular flexibility index (Phi) is 3.57. The summed E-state index contributed by atoms with van der Waals surface area (Å²) in [5, 5.41) is 5.25. The number of fused-ring (bicyclic) bond motifs is 2. The van der Waals surface area contributed by atoms with Gasteiger partial charge in [0.1, 0.15) is 5.25 Å². The molecule has 0 atom stereocenters. The normalized spacial score (nSPS) is 19.8. The number of amides is 2. The molecule has 124 valence electrons. The Morgan fingerprint density at radius 3 is 2.17 bits per heavy atom. The van der Waals surface area contributed by atoms with E-state index in [0.717, 1.165) is 44.2 Å². The second-order valence-corrected chi connectivity index (χ2v) is 8.58. The van der Waals surface area contributed by atoms with Crippen molar-refractivity contribution in [2.45, 2.75) is 43.8 Å². The molecule has 2 amide bonds. The zero-order valence-electron chi connectivity index (χ0n) is 12.9. The smallest absolute Gasteiger partial charge is 0.314 e. The van der Waals surface area contributed by atoms with Gasteiger partial charge in [-0.1, -0.05) is 6.07 Å². The Labute approximate surface area is 136 Å². The molecule has 6 nitrogen and oxygen atoms in total. The van der Waals surface area contributed by atoms with Crippen molar-refractivity contribution in [2.75, 3.05) is 18.4 Å². The lowest BCUT2D eigenvalue weighted by atomic mass is 9.99. The molecule has 1 heterocycles. The number of carbonyl (C=O) groups excluding carboxylic acids is 1. The fourth-order valence-corrected chi connectivity index (χ4v) is 4.95. The summed E-state index contributed by atoms with van der Waals surface area (Å²) >= 11 is 0. The fraction of sp³-hybridized carbons (Fsp3) is 0.562. The minimum atomic E-state index is -3.60. The number of rotatable bonds is 3. The maximum atomic E-state index is 12.3. The van der Waals surface area contributed by atoms with Gasteiger partial charge < -0.3 is 10.6 Å². The van der Waals surface area contributed by atoms with Gasteiger partial charge in [0.25, 0.3) is 0 Å². The molecular formula is C16H21N3O3S. The molecule has 1 aromatic carbocycles. The summed E-state index contributed by atoms with van der Waals surface area (Å²) in [6, 6.07) is 1.65. The van der Waals surface area contributed by atoms with Crippen molar-refractivity contribution >= 4 is 21.7 Å². The second-order valence-electron chi connectivity index (χ2n) is 6.62. The van der Waals surface area contributed by atoms with Crippen molar-refractivity contribution in [2.24, 2.45) is 0 Å². The first-order valence-electron chi connectivity index (χ1n) is 8.24. The van der Waals surface area contributed by atoms with Gasteiger partial charge >= 0.3 is 6.03 Å². The number of hydrogen-bond acceptors (Lipinski definition) is 4. The van der Waals surface area contributed by atoms with Gasteiger partial charge in [-0.3, -0.25) is 0 Å². The van der Waals surface area contributed by atoms with E-state index in [1.807, 2.05) is 0 Å². The van der Waals surface area contributed by atoms with Crippen molar-refractivity contribution in [1.29, 1.82) is 0 Å². The Morgan fingerprint density at radius 2 is 1.65 bits per heavy atom. The Balaban J connectivity index is 1.58. The lowest BCUT2D eigenvalue weighted by molar-refractivity contribution is 0.256. The average molecular weight is 335 g/mol. The highest BCUT2D eigenvalue weighted by Gasteiger charge is 2.33. The van der Waals surface area contributed by atoms with E-state index in [1.54, 1.807) is 0 Å². The Hall–Kier alpha value is -1.60. The summed E-state index contributed by atoms with van der Waals surface area (Å²) in [7, 11) is -3.60. The Bertz CT molecular complexity index is 737. The molecule has 7 heteroatoms. The molecule has 1 fully saturated rings. The molecule has 0 aromatic heterocycles. The van der Waals surface area contributed by atoms with E-state index in [0.29, 0.717) is 13.1 Å². The van der Waals surface area contributed by atoms with Gasteiger partial charge in [-0.15, -0.1) is 0 Å². The van der Waals surface area contributed by atoms with Crippen LogP contribution in [-0.2, 0) is 35.7 Å². The molecular weight excluding hydrogens is 314 g/mol. The number of nitrogens with one attached hydrogen (secondary N) is 3. The summed E-state index contributed by atoms with van der Waals surface area (Å²) in [5.74, 6) is 0. The molecule has 23 heavy (non-hydrogen) atoms. The van der Waals surface area contributed by atoms with Crippen LogP contribution in [0.1, 0.15) is 35.1 Å². The molecule has 0 unspecified atom stereocenters. The first kappa shape index (κ1) is 15.0. The van der Waals surface area contributed by atoms with Crippen LogP contribution in [0, 0.1) is 0 Å². The van der Waals surface area contributed by atoms with Gasteiger partial charge in [0.15, 0.2) is 0 Å². The van der Waals surface area contributed by atoms with Crippen LogP contribution in [-0.4, -0.2) is 32.8 Å². The van der Waals surface area contributed by atoms with Gasteiger partial charge in [0.05, 0.1) is 0 Å². The lowest BCUT2D eigenvalue weighted by Crippen LogP contribution is -2.56. The zero-order chi connectivity index (χ0) is 16.0. The maximum absolute atomic E-state index is 12.3. The lowest BCUT2D eigenvalue weighted by Gasteiger charge is -2.26. The highest BCUT2D eigenvalue weighted by atomic mass is 32.2. The third-order valence-electron chi connectivity index (χ3n) is 5.13. The molecule has 4 rings (SSSR count). The molecule has 3 aliphatic rings. The zero-order valence-corrected chi connectivity index (χ0v) is 13.8. The number of sulfonamides is 1. The fourth-order valence-electron chi connectivity index (χ4n) is 3.80. The molecule has 1 aliphatic heterocycles. The van der Waals surface area contributed by atoms with E-state index >= 15 is 0 Å². The maximum Gasteiger partial charge on any atom is 0.332 e. The second kappa shape index (κ2) is 5.49. The number of aryl methyl sites for hydroxylation is 2. The van der Waals surface area contributed by atoms with Gasteiger partial charge in [0.2, 0.25) is 10.0 Å². The van der Waals surface area contributed by atoms with E-state index in [9.17, 15) is 13.2 Å². The number of anilines is 1. The predicted molar refractivity (Wildman–Crippen MR) is 88.2 cm³/mol. The van der Waals surface area contributed by atoms with Crippen LogP contribution >= 0.6 is 0 Å². The Morgan fingerprint density at radius 1 is 1.04 bits per heavy atom. The summed E-state index contributed by atoms with van der Waals surface area (Å²) in [6.07, 6.45) is 6.20. The van der Waals surface area contributed by atoms with Crippen molar-refractivity contribution in [3.05, 3.63) is 28.3 Å². The van der Waals surface area contributed by atoms with Gasteiger partial charge in [-0.2, -0.15) is 0 Å². The highest BCUT2D eigenvalue weighted by Crippen LogP contribution is 2.38. The number of hydrogen-bond donors (Lipinski definition) is 3. The summed E-state index contributed by atoms with van der Waals surface area (Å²) in [6.45, 7) is 0.803. The van der Waals surface area contributed by atoms with Crippen LogP contribution in [0.25, 0.3) is 0 Å².